The summed E-state index contributed by atoms with van der Waals surface area (Å²) in [5.41, 5.74) is 5.41. The minimum absolute atomic E-state index is 0.549. The SMILES string of the molecule is COc1cc(-c2cnc3cccc(-c4ccccc4)c3n2)cc(OC)c1OC. The largest absolute Gasteiger partial charge is 0.493 e. The Morgan fingerprint density at radius 1 is 0.714 bits per heavy atom. The van der Waals surface area contributed by atoms with Gasteiger partial charge in [0.05, 0.1) is 44.3 Å². The molecule has 0 saturated carbocycles. The van der Waals surface area contributed by atoms with Crippen molar-refractivity contribution in [2.24, 2.45) is 0 Å². The third-order valence-electron chi connectivity index (χ3n) is 4.62. The second-order valence-corrected chi connectivity index (χ2v) is 6.21. The van der Waals surface area contributed by atoms with E-state index in [0.29, 0.717) is 17.2 Å². The Balaban J connectivity index is 1.91. The maximum atomic E-state index is 5.47. The summed E-state index contributed by atoms with van der Waals surface area (Å²) < 4.78 is 16.3. The first-order chi connectivity index (χ1) is 13.7. The smallest absolute Gasteiger partial charge is 0.203 e. The van der Waals surface area contributed by atoms with Crippen LogP contribution in [0, 0.1) is 0 Å². The third-order valence-corrected chi connectivity index (χ3v) is 4.62. The first-order valence-corrected chi connectivity index (χ1v) is 8.86. The zero-order valence-corrected chi connectivity index (χ0v) is 16.0. The van der Waals surface area contributed by atoms with Crippen molar-refractivity contribution < 1.29 is 14.2 Å². The second-order valence-electron chi connectivity index (χ2n) is 6.21. The molecule has 0 aliphatic rings. The number of para-hydroxylation sites is 1. The van der Waals surface area contributed by atoms with E-state index in [4.69, 9.17) is 19.2 Å². The molecular weight excluding hydrogens is 352 g/mol. The van der Waals surface area contributed by atoms with Crippen LogP contribution in [0.3, 0.4) is 0 Å². The summed E-state index contributed by atoms with van der Waals surface area (Å²) >= 11 is 0. The van der Waals surface area contributed by atoms with E-state index < -0.39 is 0 Å². The van der Waals surface area contributed by atoms with Crippen molar-refractivity contribution in [3.05, 3.63) is 66.9 Å². The average Bonchev–Trinajstić information content (AvgIpc) is 2.77. The first-order valence-electron chi connectivity index (χ1n) is 8.86. The number of hydrogen-bond acceptors (Lipinski definition) is 5. The highest BCUT2D eigenvalue weighted by Gasteiger charge is 2.16. The fraction of sp³-hybridized carbons (Fsp3) is 0.130. The van der Waals surface area contributed by atoms with E-state index >= 15 is 0 Å². The summed E-state index contributed by atoms with van der Waals surface area (Å²) in [7, 11) is 4.78. The Morgan fingerprint density at radius 3 is 2.07 bits per heavy atom. The molecule has 0 unspecified atom stereocenters. The van der Waals surface area contributed by atoms with Crippen molar-refractivity contribution in [3.63, 3.8) is 0 Å². The molecule has 1 aromatic heterocycles. The van der Waals surface area contributed by atoms with Gasteiger partial charge in [0.1, 0.15) is 0 Å². The quantitative estimate of drug-likeness (QED) is 0.494. The van der Waals surface area contributed by atoms with Crippen LogP contribution in [-0.4, -0.2) is 31.3 Å². The first kappa shape index (κ1) is 17.8. The van der Waals surface area contributed by atoms with Crippen molar-refractivity contribution in [2.45, 2.75) is 0 Å². The lowest BCUT2D eigenvalue weighted by Crippen LogP contribution is -1.97. The molecule has 0 radical (unpaired) electrons. The van der Waals surface area contributed by atoms with Gasteiger partial charge in [0.15, 0.2) is 11.5 Å². The highest BCUT2D eigenvalue weighted by atomic mass is 16.5. The molecule has 0 fully saturated rings. The van der Waals surface area contributed by atoms with Gasteiger partial charge in [0.2, 0.25) is 5.75 Å². The molecule has 0 aliphatic carbocycles. The highest BCUT2D eigenvalue weighted by molar-refractivity contribution is 5.92. The molecule has 4 rings (SSSR count). The molecule has 140 valence electrons. The number of rotatable bonds is 5. The lowest BCUT2D eigenvalue weighted by Gasteiger charge is -2.14. The maximum Gasteiger partial charge on any atom is 0.203 e. The number of ether oxygens (including phenoxy) is 3. The zero-order valence-electron chi connectivity index (χ0n) is 16.0. The van der Waals surface area contributed by atoms with Crippen LogP contribution in [0.4, 0.5) is 0 Å². The molecule has 0 spiro atoms. The van der Waals surface area contributed by atoms with Gasteiger partial charge in [0.25, 0.3) is 0 Å². The van der Waals surface area contributed by atoms with Crippen LogP contribution in [0.25, 0.3) is 33.4 Å². The summed E-state index contributed by atoms with van der Waals surface area (Å²) in [6, 6.07) is 20.0. The highest BCUT2D eigenvalue weighted by Crippen LogP contribution is 2.41. The van der Waals surface area contributed by atoms with Gasteiger partial charge in [-0.2, -0.15) is 0 Å². The van der Waals surface area contributed by atoms with E-state index in [-0.39, 0.29) is 0 Å². The monoisotopic (exact) mass is 372 g/mol. The van der Waals surface area contributed by atoms with Crippen LogP contribution < -0.4 is 14.2 Å². The predicted octanol–water partition coefficient (Wildman–Crippen LogP) is 4.99. The van der Waals surface area contributed by atoms with Crippen LogP contribution >= 0.6 is 0 Å². The van der Waals surface area contributed by atoms with E-state index in [1.807, 2.05) is 42.5 Å². The van der Waals surface area contributed by atoms with Crippen molar-refractivity contribution in [1.29, 1.82) is 0 Å². The van der Waals surface area contributed by atoms with Crippen LogP contribution in [0.5, 0.6) is 17.2 Å². The van der Waals surface area contributed by atoms with Gasteiger partial charge in [-0.25, -0.2) is 4.98 Å². The minimum atomic E-state index is 0.549. The standard InChI is InChI=1S/C23H20N2O3/c1-26-20-12-16(13-21(27-2)23(20)28-3)19-14-24-18-11-7-10-17(22(18)25-19)15-8-5-4-6-9-15/h4-14H,1-3H3. The molecule has 3 aromatic carbocycles. The fourth-order valence-corrected chi connectivity index (χ4v) is 3.25. The van der Waals surface area contributed by atoms with Crippen molar-refractivity contribution in [1.82, 2.24) is 9.97 Å². The van der Waals surface area contributed by atoms with Gasteiger partial charge in [-0.3, -0.25) is 4.98 Å². The number of fused-ring (bicyclic) bond motifs is 1. The van der Waals surface area contributed by atoms with E-state index in [2.05, 4.69) is 23.2 Å². The lowest BCUT2D eigenvalue weighted by atomic mass is 10.0. The van der Waals surface area contributed by atoms with E-state index in [1.165, 1.54) is 0 Å². The van der Waals surface area contributed by atoms with Gasteiger partial charge >= 0.3 is 0 Å². The molecule has 4 aromatic rings. The van der Waals surface area contributed by atoms with Gasteiger partial charge < -0.3 is 14.2 Å². The molecule has 0 aliphatic heterocycles. The summed E-state index contributed by atoms with van der Waals surface area (Å²) in [6.07, 6.45) is 1.76. The molecule has 0 atom stereocenters. The van der Waals surface area contributed by atoms with Gasteiger partial charge in [0, 0.05) is 11.1 Å². The van der Waals surface area contributed by atoms with Gasteiger partial charge in [-0.15, -0.1) is 0 Å². The molecule has 28 heavy (non-hydrogen) atoms. The van der Waals surface area contributed by atoms with E-state index in [9.17, 15) is 0 Å². The maximum absolute atomic E-state index is 5.47. The molecule has 0 bridgehead atoms. The van der Waals surface area contributed by atoms with Crippen molar-refractivity contribution in [2.75, 3.05) is 21.3 Å². The summed E-state index contributed by atoms with van der Waals surface area (Å²) in [5.74, 6) is 1.71. The lowest BCUT2D eigenvalue weighted by molar-refractivity contribution is 0.324. The van der Waals surface area contributed by atoms with Crippen LogP contribution in [0.15, 0.2) is 66.9 Å². The number of methoxy groups -OCH3 is 3. The summed E-state index contributed by atoms with van der Waals surface area (Å²) in [4.78, 5) is 9.54. The number of aromatic nitrogens is 2. The minimum Gasteiger partial charge on any atom is -0.493 e. The summed E-state index contributed by atoms with van der Waals surface area (Å²) in [5, 5.41) is 0. The number of hydrogen-bond donors (Lipinski definition) is 0. The third kappa shape index (κ3) is 3.11. The van der Waals surface area contributed by atoms with Crippen LogP contribution in [-0.2, 0) is 0 Å². The molecule has 5 heteroatoms. The van der Waals surface area contributed by atoms with E-state index in [1.54, 1.807) is 27.5 Å². The normalized spacial score (nSPS) is 10.7. The molecular formula is C23H20N2O3. The Morgan fingerprint density at radius 2 is 1.43 bits per heavy atom. The van der Waals surface area contributed by atoms with Crippen LogP contribution in [0.2, 0.25) is 0 Å². The number of nitrogens with zero attached hydrogens (tertiary/aromatic N) is 2. The molecule has 0 N–H and O–H groups in total. The van der Waals surface area contributed by atoms with Crippen LogP contribution in [0.1, 0.15) is 0 Å². The fourth-order valence-electron chi connectivity index (χ4n) is 3.25. The Bertz CT molecular complexity index is 1100. The molecule has 1 heterocycles. The Hall–Kier alpha value is -3.60. The van der Waals surface area contributed by atoms with Gasteiger partial charge in [-0.1, -0.05) is 42.5 Å². The average molecular weight is 372 g/mol. The van der Waals surface area contributed by atoms with E-state index in [0.717, 1.165) is 33.4 Å². The molecule has 5 nitrogen and oxygen atoms in total. The molecule has 0 saturated heterocycles. The predicted molar refractivity (Wildman–Crippen MR) is 110 cm³/mol. The topological polar surface area (TPSA) is 53.5 Å². The molecule has 0 amide bonds. The Kier molecular flexibility index (Phi) is 4.81. The zero-order chi connectivity index (χ0) is 19.5. The van der Waals surface area contributed by atoms with Crippen molar-refractivity contribution >= 4 is 11.0 Å². The van der Waals surface area contributed by atoms with Crippen molar-refractivity contribution in [3.8, 4) is 39.6 Å². The second kappa shape index (κ2) is 7.56. The van der Waals surface area contributed by atoms with Gasteiger partial charge in [-0.05, 0) is 23.8 Å². The Labute approximate surface area is 163 Å². The number of benzene rings is 3. The summed E-state index contributed by atoms with van der Waals surface area (Å²) in [6.45, 7) is 0.